The van der Waals surface area contributed by atoms with E-state index in [1.807, 2.05) is 6.92 Å². The number of rotatable bonds is 13. The molecule has 0 aliphatic heterocycles. The fraction of sp³-hybridized carbons (Fsp3) is 1.00. The van der Waals surface area contributed by atoms with Gasteiger partial charge in [-0.15, -0.1) is 0 Å². The van der Waals surface area contributed by atoms with Crippen LogP contribution in [0.3, 0.4) is 0 Å². The molecule has 0 N–H and O–H groups in total. The SMILES string of the molecule is CCCCCCCCCCCC(C)COP(=O)([O-])[O-].[K+].[K+]. The molecule has 0 aromatic rings. The van der Waals surface area contributed by atoms with Gasteiger partial charge in [0.2, 0.25) is 0 Å². The van der Waals surface area contributed by atoms with Crippen molar-refractivity contribution in [3.05, 3.63) is 0 Å². The molecule has 0 rings (SSSR count). The molecule has 0 heterocycles. The van der Waals surface area contributed by atoms with Crippen molar-refractivity contribution in [3.63, 3.8) is 0 Å². The number of unbranched alkanes of at least 4 members (excludes halogenated alkanes) is 8. The maximum Gasteiger partial charge on any atom is 1.00 e. The van der Waals surface area contributed by atoms with Gasteiger partial charge in [0.1, 0.15) is 0 Å². The molecule has 21 heavy (non-hydrogen) atoms. The molecule has 0 spiro atoms. The molecule has 116 valence electrons. The van der Waals surface area contributed by atoms with Crippen molar-refractivity contribution in [1.82, 2.24) is 0 Å². The molecule has 0 radical (unpaired) electrons. The fourth-order valence-corrected chi connectivity index (χ4v) is 2.54. The van der Waals surface area contributed by atoms with Gasteiger partial charge in [0, 0.05) is 0 Å². The Morgan fingerprint density at radius 3 is 1.76 bits per heavy atom. The van der Waals surface area contributed by atoms with Crippen molar-refractivity contribution in [1.29, 1.82) is 0 Å². The average Bonchev–Trinajstić information content (AvgIpc) is 2.33. The van der Waals surface area contributed by atoms with E-state index in [9.17, 15) is 14.4 Å². The van der Waals surface area contributed by atoms with Gasteiger partial charge in [0.05, 0.1) is 14.4 Å². The van der Waals surface area contributed by atoms with Crippen molar-refractivity contribution in [2.24, 2.45) is 5.92 Å². The van der Waals surface area contributed by atoms with Gasteiger partial charge in [-0.25, -0.2) is 0 Å². The van der Waals surface area contributed by atoms with Crippen LogP contribution in [0.2, 0.25) is 0 Å². The predicted molar refractivity (Wildman–Crippen MR) is 74.6 cm³/mol. The maximum absolute atomic E-state index is 10.3. The monoisotopic (exact) mass is 370 g/mol. The molecular formula is C14H29K2O4P. The van der Waals surface area contributed by atoms with E-state index < -0.39 is 7.82 Å². The first-order valence-corrected chi connectivity index (χ1v) is 9.08. The Kier molecular flexibility index (Phi) is 27.4. The van der Waals surface area contributed by atoms with Gasteiger partial charge in [0.15, 0.2) is 0 Å². The number of hydrogen-bond acceptors (Lipinski definition) is 4. The zero-order valence-corrected chi connectivity index (χ0v) is 21.6. The summed E-state index contributed by atoms with van der Waals surface area (Å²) >= 11 is 0. The number of hydrogen-bond donors (Lipinski definition) is 0. The number of phosphoric acid groups is 1. The third-order valence-electron chi connectivity index (χ3n) is 3.32. The molecule has 0 saturated heterocycles. The van der Waals surface area contributed by atoms with Gasteiger partial charge in [-0.3, -0.25) is 0 Å². The molecule has 4 nitrogen and oxygen atoms in total. The third-order valence-corrected chi connectivity index (χ3v) is 3.78. The summed E-state index contributed by atoms with van der Waals surface area (Å²) in [4.78, 5) is 20.6. The Bertz CT molecular complexity index is 249. The van der Waals surface area contributed by atoms with E-state index in [-0.39, 0.29) is 115 Å². The van der Waals surface area contributed by atoms with Crippen molar-refractivity contribution in [2.75, 3.05) is 6.61 Å². The third kappa shape index (κ3) is 25.7. The molecule has 1 atom stereocenters. The van der Waals surface area contributed by atoms with Gasteiger partial charge in [-0.05, 0) is 12.3 Å². The zero-order valence-electron chi connectivity index (χ0n) is 14.4. The van der Waals surface area contributed by atoms with E-state index in [1.165, 1.54) is 51.4 Å². The summed E-state index contributed by atoms with van der Waals surface area (Å²) in [5.41, 5.74) is 0. The molecule has 7 heteroatoms. The Morgan fingerprint density at radius 2 is 1.33 bits per heavy atom. The van der Waals surface area contributed by atoms with Gasteiger partial charge in [-0.1, -0.05) is 71.6 Å². The van der Waals surface area contributed by atoms with Crippen molar-refractivity contribution in [2.45, 2.75) is 78.1 Å². The summed E-state index contributed by atoms with van der Waals surface area (Å²) in [6.45, 7) is 4.17. The van der Waals surface area contributed by atoms with Crippen LogP contribution in [-0.2, 0) is 9.09 Å². The molecule has 0 aliphatic carbocycles. The van der Waals surface area contributed by atoms with Crippen LogP contribution in [0, 0.1) is 5.92 Å². The second-order valence-corrected chi connectivity index (χ2v) is 6.62. The Labute approximate surface area is 216 Å². The number of phosphoric ester groups is 1. The first kappa shape index (κ1) is 29.2. The summed E-state index contributed by atoms with van der Waals surface area (Å²) in [5.74, 6) is 0.140. The summed E-state index contributed by atoms with van der Waals surface area (Å²) < 4.78 is 14.6. The van der Waals surface area contributed by atoms with Crippen LogP contribution in [0.4, 0.5) is 0 Å². The predicted octanol–water partition coefficient (Wildman–Crippen LogP) is -2.60. The van der Waals surface area contributed by atoms with E-state index in [0.29, 0.717) is 0 Å². The second-order valence-electron chi connectivity index (χ2n) is 5.47. The van der Waals surface area contributed by atoms with Crippen LogP contribution < -0.4 is 113 Å². The molecule has 0 saturated carbocycles. The Morgan fingerprint density at radius 1 is 0.905 bits per heavy atom. The summed E-state index contributed by atoms with van der Waals surface area (Å²) in [6, 6.07) is 0. The smallest absolute Gasteiger partial charge is 0.790 e. The normalized spacial score (nSPS) is 12.4. The molecule has 0 aromatic heterocycles. The van der Waals surface area contributed by atoms with Crippen LogP contribution in [0.15, 0.2) is 0 Å². The topological polar surface area (TPSA) is 72.4 Å². The molecule has 1 unspecified atom stereocenters. The van der Waals surface area contributed by atoms with Crippen LogP contribution in [0.1, 0.15) is 78.1 Å². The zero-order chi connectivity index (χ0) is 14.6. The van der Waals surface area contributed by atoms with Crippen LogP contribution >= 0.6 is 7.82 Å². The summed E-state index contributed by atoms with van der Waals surface area (Å²) in [6.07, 6.45) is 12.4. The van der Waals surface area contributed by atoms with Gasteiger partial charge in [0.25, 0.3) is 0 Å². The largest absolute Gasteiger partial charge is 1.00 e. The second kappa shape index (κ2) is 19.7. The molecule has 0 fully saturated rings. The molecular weight excluding hydrogens is 341 g/mol. The van der Waals surface area contributed by atoms with Gasteiger partial charge >= 0.3 is 103 Å². The van der Waals surface area contributed by atoms with Crippen LogP contribution in [0.25, 0.3) is 0 Å². The van der Waals surface area contributed by atoms with Crippen molar-refractivity contribution >= 4 is 7.82 Å². The first-order valence-electron chi connectivity index (χ1n) is 7.62. The van der Waals surface area contributed by atoms with Gasteiger partial charge < -0.3 is 18.9 Å². The van der Waals surface area contributed by atoms with Crippen LogP contribution in [-0.4, -0.2) is 6.61 Å². The van der Waals surface area contributed by atoms with Gasteiger partial charge in [-0.2, -0.15) is 0 Å². The van der Waals surface area contributed by atoms with Crippen molar-refractivity contribution in [3.8, 4) is 0 Å². The van der Waals surface area contributed by atoms with E-state index in [0.717, 1.165) is 12.8 Å². The summed E-state index contributed by atoms with van der Waals surface area (Å²) in [5, 5.41) is 0. The first-order chi connectivity index (χ1) is 8.95. The van der Waals surface area contributed by atoms with E-state index in [1.54, 1.807) is 0 Å². The van der Waals surface area contributed by atoms with E-state index >= 15 is 0 Å². The molecule has 0 amide bonds. The summed E-state index contributed by atoms with van der Waals surface area (Å²) in [7, 11) is -4.78. The Balaban J connectivity index is -0.00000162. The standard InChI is InChI=1S/C14H31O4P.2K/c1-3-4-5-6-7-8-9-10-11-12-14(2)13-18-19(15,16)17;;/h14H,3-13H2,1-2H3,(H2,15,16,17);;/q;2*+1/p-2. The minimum Gasteiger partial charge on any atom is -0.790 e. The minimum atomic E-state index is -4.78. The van der Waals surface area contributed by atoms with Crippen molar-refractivity contribution < 1.29 is 122 Å². The maximum atomic E-state index is 10.3. The average molecular weight is 371 g/mol. The fourth-order valence-electron chi connectivity index (χ4n) is 2.11. The molecule has 0 bridgehead atoms. The molecule has 0 aliphatic rings. The quantitative estimate of drug-likeness (QED) is 0.202. The van der Waals surface area contributed by atoms with Crippen LogP contribution in [0.5, 0.6) is 0 Å². The van der Waals surface area contributed by atoms with E-state index in [4.69, 9.17) is 0 Å². The Hall–Kier alpha value is 3.38. The molecule has 0 aromatic carbocycles. The van der Waals surface area contributed by atoms with E-state index in [2.05, 4.69) is 11.4 Å². The minimum absolute atomic E-state index is 0.